The lowest BCUT2D eigenvalue weighted by Crippen LogP contribution is -2.33. The summed E-state index contributed by atoms with van der Waals surface area (Å²) in [6.45, 7) is 4.81. The van der Waals surface area contributed by atoms with Crippen LogP contribution in [0.2, 0.25) is 0 Å². The molecule has 0 fully saturated rings. The molecular weight excluding hydrogens is 397 g/mol. The number of esters is 1. The Labute approximate surface area is 165 Å². The Morgan fingerprint density at radius 3 is 2.21 bits per heavy atom. The topological polar surface area (TPSA) is 103 Å². The van der Waals surface area contributed by atoms with E-state index in [-0.39, 0.29) is 18.7 Å². The molecule has 0 saturated heterocycles. The molecule has 0 heterocycles. The van der Waals surface area contributed by atoms with Gasteiger partial charge in [0.15, 0.2) is 6.61 Å². The first kappa shape index (κ1) is 24.1. The Bertz CT molecular complexity index is 699. The van der Waals surface area contributed by atoms with E-state index in [1.54, 1.807) is 20.8 Å². The molecule has 1 aromatic carbocycles. The van der Waals surface area contributed by atoms with Gasteiger partial charge in [-0.15, -0.1) is 13.2 Å². The summed E-state index contributed by atoms with van der Waals surface area (Å²) in [6, 6.07) is 4.49. The molecule has 0 spiro atoms. The van der Waals surface area contributed by atoms with Crippen molar-refractivity contribution in [1.29, 1.82) is 0 Å². The highest BCUT2D eigenvalue weighted by Crippen LogP contribution is 2.23. The van der Waals surface area contributed by atoms with E-state index in [1.165, 1.54) is 12.1 Å². The van der Waals surface area contributed by atoms with E-state index in [1.807, 2.05) is 0 Å². The molecule has 1 aromatic rings. The zero-order valence-corrected chi connectivity index (χ0v) is 16.2. The van der Waals surface area contributed by atoms with E-state index in [4.69, 9.17) is 9.47 Å². The van der Waals surface area contributed by atoms with Crippen molar-refractivity contribution in [3.05, 3.63) is 24.3 Å². The second-order valence-electron chi connectivity index (χ2n) is 6.81. The number of carbonyl (C=O) groups is 3. The third-order valence-electron chi connectivity index (χ3n) is 2.96. The molecule has 0 aromatic heterocycles. The summed E-state index contributed by atoms with van der Waals surface area (Å²) in [5.41, 5.74) is -0.413. The number of rotatable bonds is 8. The molecular formula is C18H23F3N2O6. The normalized spacial score (nSPS) is 11.4. The molecule has 0 bridgehead atoms. The number of alkyl halides is 3. The molecule has 11 heteroatoms. The molecule has 0 atom stereocenters. The molecule has 29 heavy (non-hydrogen) atoms. The summed E-state index contributed by atoms with van der Waals surface area (Å²) < 4.78 is 49.8. The summed E-state index contributed by atoms with van der Waals surface area (Å²) in [6.07, 6.45) is -5.13. The Hall–Kier alpha value is -2.98. The summed E-state index contributed by atoms with van der Waals surface area (Å²) in [5, 5.41) is 4.85. The van der Waals surface area contributed by atoms with Crippen molar-refractivity contribution in [2.24, 2.45) is 0 Å². The zero-order chi connectivity index (χ0) is 22.1. The van der Waals surface area contributed by atoms with E-state index >= 15 is 0 Å². The smallest absolute Gasteiger partial charge is 0.456 e. The zero-order valence-electron chi connectivity index (χ0n) is 16.2. The molecule has 0 unspecified atom stereocenters. The minimum atomic E-state index is -4.80. The number of halogens is 3. The molecule has 0 aliphatic rings. The number of hydrogen-bond donors (Lipinski definition) is 2. The van der Waals surface area contributed by atoms with Crippen LogP contribution >= 0.6 is 0 Å². The number of alkyl carbamates (subject to hydrolysis) is 1. The number of amides is 2. The number of hydrogen-bond acceptors (Lipinski definition) is 6. The van der Waals surface area contributed by atoms with Crippen LogP contribution in [0.4, 0.5) is 23.7 Å². The number of benzene rings is 1. The lowest BCUT2D eigenvalue weighted by molar-refractivity contribution is -0.274. The average molecular weight is 420 g/mol. The van der Waals surface area contributed by atoms with Crippen LogP contribution < -0.4 is 15.4 Å². The van der Waals surface area contributed by atoms with Crippen LogP contribution in [-0.4, -0.2) is 43.1 Å². The number of anilines is 1. The summed E-state index contributed by atoms with van der Waals surface area (Å²) >= 11 is 0. The minimum absolute atomic E-state index is 0.0213. The molecule has 0 aliphatic heterocycles. The highest BCUT2D eigenvalue weighted by Gasteiger charge is 2.31. The Balaban J connectivity index is 2.24. The van der Waals surface area contributed by atoms with Crippen LogP contribution in [-0.2, 0) is 19.1 Å². The van der Waals surface area contributed by atoms with Gasteiger partial charge in [-0.05, 0) is 51.5 Å². The molecule has 2 amide bonds. The highest BCUT2D eigenvalue weighted by atomic mass is 19.4. The largest absolute Gasteiger partial charge is 0.573 e. The van der Waals surface area contributed by atoms with E-state index in [0.29, 0.717) is 6.42 Å². The molecule has 162 valence electrons. The maximum atomic E-state index is 12.1. The Kier molecular flexibility index (Phi) is 8.74. The summed E-state index contributed by atoms with van der Waals surface area (Å²) in [7, 11) is 0. The minimum Gasteiger partial charge on any atom is -0.456 e. The first-order valence-electron chi connectivity index (χ1n) is 8.62. The van der Waals surface area contributed by atoms with Crippen LogP contribution in [0.15, 0.2) is 24.3 Å². The predicted molar refractivity (Wildman–Crippen MR) is 96.2 cm³/mol. The molecule has 0 aliphatic carbocycles. The monoisotopic (exact) mass is 420 g/mol. The average Bonchev–Trinajstić information content (AvgIpc) is 2.56. The van der Waals surface area contributed by atoms with Gasteiger partial charge in [-0.1, -0.05) is 0 Å². The first-order chi connectivity index (χ1) is 13.3. The van der Waals surface area contributed by atoms with Crippen LogP contribution in [0.3, 0.4) is 0 Å². The fourth-order valence-corrected chi connectivity index (χ4v) is 1.89. The third-order valence-corrected chi connectivity index (χ3v) is 2.96. The van der Waals surface area contributed by atoms with Crippen molar-refractivity contribution in [2.45, 2.75) is 45.6 Å². The lowest BCUT2D eigenvalue weighted by Gasteiger charge is -2.19. The van der Waals surface area contributed by atoms with Gasteiger partial charge < -0.3 is 24.8 Å². The van der Waals surface area contributed by atoms with Crippen molar-refractivity contribution in [3.8, 4) is 5.75 Å². The van der Waals surface area contributed by atoms with Crippen molar-refractivity contribution in [3.63, 3.8) is 0 Å². The van der Waals surface area contributed by atoms with E-state index < -0.39 is 42.3 Å². The highest BCUT2D eigenvalue weighted by molar-refractivity contribution is 5.92. The molecule has 2 N–H and O–H groups in total. The van der Waals surface area contributed by atoms with Gasteiger partial charge in [0.2, 0.25) is 0 Å². The maximum Gasteiger partial charge on any atom is 0.573 e. The van der Waals surface area contributed by atoms with Crippen molar-refractivity contribution in [2.75, 3.05) is 18.5 Å². The van der Waals surface area contributed by atoms with Gasteiger partial charge in [-0.3, -0.25) is 9.59 Å². The summed E-state index contributed by atoms with van der Waals surface area (Å²) in [5.74, 6) is -1.73. The van der Waals surface area contributed by atoms with Gasteiger partial charge in [0.05, 0.1) is 0 Å². The fourth-order valence-electron chi connectivity index (χ4n) is 1.89. The van der Waals surface area contributed by atoms with Crippen LogP contribution in [0.5, 0.6) is 5.75 Å². The van der Waals surface area contributed by atoms with E-state index in [0.717, 1.165) is 12.1 Å². The number of ether oxygens (including phenoxy) is 3. The van der Waals surface area contributed by atoms with Crippen molar-refractivity contribution < 1.29 is 41.8 Å². The molecule has 8 nitrogen and oxygen atoms in total. The second kappa shape index (κ2) is 10.5. The predicted octanol–water partition coefficient (Wildman–Crippen LogP) is 3.37. The quantitative estimate of drug-likeness (QED) is 0.494. The SMILES string of the molecule is CC(C)(C)OC(=O)NCCCC(=O)OCC(=O)Nc1ccc(OC(F)(F)F)cc1. The maximum absolute atomic E-state index is 12.1. The fraction of sp³-hybridized carbons (Fsp3) is 0.500. The van der Waals surface area contributed by atoms with Crippen LogP contribution in [0.1, 0.15) is 33.6 Å². The van der Waals surface area contributed by atoms with E-state index in [2.05, 4.69) is 15.4 Å². The first-order valence-corrected chi connectivity index (χ1v) is 8.62. The van der Waals surface area contributed by atoms with Gasteiger partial charge in [0.1, 0.15) is 11.4 Å². The second-order valence-corrected chi connectivity index (χ2v) is 6.81. The number of nitrogens with one attached hydrogen (secondary N) is 2. The van der Waals surface area contributed by atoms with Crippen LogP contribution in [0, 0.1) is 0 Å². The standard InChI is InChI=1S/C18H23F3N2O6/c1-17(2,3)29-16(26)22-10-4-5-15(25)27-11-14(24)23-12-6-8-13(9-7-12)28-18(19,20)21/h6-9H,4-5,10-11H2,1-3H3,(H,22,26)(H,23,24). The van der Waals surface area contributed by atoms with E-state index in [9.17, 15) is 27.6 Å². The molecule has 0 radical (unpaired) electrons. The lowest BCUT2D eigenvalue weighted by atomic mass is 10.2. The number of carbonyl (C=O) groups excluding carboxylic acids is 3. The van der Waals surface area contributed by atoms with Crippen molar-refractivity contribution in [1.82, 2.24) is 5.32 Å². The third kappa shape index (κ3) is 12.2. The molecule has 0 saturated carbocycles. The Morgan fingerprint density at radius 1 is 1.03 bits per heavy atom. The Morgan fingerprint density at radius 2 is 1.66 bits per heavy atom. The van der Waals surface area contributed by atoms with Gasteiger partial charge in [-0.2, -0.15) is 0 Å². The van der Waals surface area contributed by atoms with Gasteiger partial charge in [-0.25, -0.2) is 4.79 Å². The van der Waals surface area contributed by atoms with Gasteiger partial charge >= 0.3 is 18.4 Å². The van der Waals surface area contributed by atoms with Crippen LogP contribution in [0.25, 0.3) is 0 Å². The summed E-state index contributed by atoms with van der Waals surface area (Å²) in [4.78, 5) is 34.7. The van der Waals surface area contributed by atoms with Gasteiger partial charge in [0.25, 0.3) is 5.91 Å². The van der Waals surface area contributed by atoms with Crippen molar-refractivity contribution >= 4 is 23.7 Å². The molecule has 1 rings (SSSR count). The van der Waals surface area contributed by atoms with Gasteiger partial charge in [0, 0.05) is 18.7 Å².